The number of nitro benzene ring substituents is 1. The van der Waals surface area contributed by atoms with Gasteiger partial charge in [0.25, 0.3) is 5.69 Å². The van der Waals surface area contributed by atoms with Crippen LogP contribution in [0.15, 0.2) is 79.1 Å². The quantitative estimate of drug-likeness (QED) is 0.171. The molecule has 8 heteroatoms. The highest BCUT2D eigenvalue weighted by molar-refractivity contribution is 6.32. The predicted octanol–water partition coefficient (Wildman–Crippen LogP) is 6.59. The number of halogens is 1. The third-order valence-electron chi connectivity index (χ3n) is 4.92. The van der Waals surface area contributed by atoms with E-state index in [1.807, 2.05) is 43.3 Å². The van der Waals surface area contributed by atoms with E-state index in [-0.39, 0.29) is 11.5 Å². The summed E-state index contributed by atoms with van der Waals surface area (Å²) in [7, 11) is 0. The summed E-state index contributed by atoms with van der Waals surface area (Å²) < 4.78 is 6.08. The number of hydrogen-bond donors (Lipinski definition) is 0. The van der Waals surface area contributed by atoms with Crippen LogP contribution >= 0.6 is 11.6 Å². The van der Waals surface area contributed by atoms with Gasteiger partial charge in [0, 0.05) is 22.7 Å². The first kappa shape index (κ1) is 22.8. The highest BCUT2D eigenvalue weighted by Gasteiger charge is 2.10. The fourth-order valence-corrected chi connectivity index (χ4v) is 3.40. The van der Waals surface area contributed by atoms with E-state index in [0.717, 1.165) is 16.5 Å². The Bertz CT molecular complexity index is 1460. The number of allylic oxidation sites excluding steroid dienone is 2. The molecule has 0 aliphatic rings. The van der Waals surface area contributed by atoms with Crippen LogP contribution in [0.25, 0.3) is 23.1 Å². The molecule has 0 aliphatic heterocycles. The Labute approximate surface area is 200 Å². The Balaban J connectivity index is 1.55. The number of aromatic nitrogens is 2. The summed E-state index contributed by atoms with van der Waals surface area (Å²) in [4.78, 5) is 31.4. The van der Waals surface area contributed by atoms with E-state index >= 15 is 0 Å². The van der Waals surface area contributed by atoms with Crippen molar-refractivity contribution in [2.24, 2.45) is 0 Å². The molecule has 0 saturated carbocycles. The normalized spacial score (nSPS) is 11.4. The van der Waals surface area contributed by atoms with Gasteiger partial charge in [0.2, 0.25) is 5.88 Å². The maximum absolute atomic E-state index is 12.4. The lowest BCUT2D eigenvalue weighted by molar-refractivity contribution is -0.384. The molecule has 4 rings (SSSR count). The van der Waals surface area contributed by atoms with Crippen LogP contribution in [0.1, 0.15) is 16.7 Å². The molecule has 1 aromatic heterocycles. The summed E-state index contributed by atoms with van der Waals surface area (Å²) in [5.41, 5.74) is 2.78. The van der Waals surface area contributed by atoms with E-state index in [1.165, 1.54) is 42.8 Å². The van der Waals surface area contributed by atoms with Crippen LogP contribution in [-0.4, -0.2) is 20.7 Å². The fourth-order valence-electron chi connectivity index (χ4n) is 3.22. The molecule has 0 aliphatic carbocycles. The number of nitro groups is 1. The minimum Gasteiger partial charge on any atom is -0.438 e. The van der Waals surface area contributed by atoms with Crippen molar-refractivity contribution >= 4 is 46.1 Å². The zero-order chi connectivity index (χ0) is 24.1. The van der Waals surface area contributed by atoms with Crippen LogP contribution in [0.5, 0.6) is 11.6 Å². The van der Waals surface area contributed by atoms with Gasteiger partial charge in [-0.3, -0.25) is 14.9 Å². The average Bonchev–Trinajstić information content (AvgIpc) is 2.83. The molecule has 0 radical (unpaired) electrons. The summed E-state index contributed by atoms with van der Waals surface area (Å²) >= 11 is 6.08. The second kappa shape index (κ2) is 10.1. The van der Waals surface area contributed by atoms with Gasteiger partial charge in [-0.1, -0.05) is 41.4 Å². The van der Waals surface area contributed by atoms with Crippen LogP contribution < -0.4 is 4.74 Å². The van der Waals surface area contributed by atoms with Crippen molar-refractivity contribution in [3.8, 4) is 11.6 Å². The van der Waals surface area contributed by atoms with Crippen molar-refractivity contribution in [1.29, 1.82) is 0 Å². The smallest absolute Gasteiger partial charge is 0.270 e. The number of hydrogen-bond acceptors (Lipinski definition) is 6. The molecule has 0 unspecified atom stereocenters. The minimum atomic E-state index is -0.519. The summed E-state index contributed by atoms with van der Waals surface area (Å²) in [6, 6.07) is 17.1. The van der Waals surface area contributed by atoms with E-state index in [2.05, 4.69) is 9.97 Å². The molecular weight excluding hydrogens is 454 g/mol. The summed E-state index contributed by atoms with van der Waals surface area (Å²) in [5.74, 6) is 0.625. The first-order valence-electron chi connectivity index (χ1n) is 10.2. The number of aryl methyl sites for hydroxylation is 1. The maximum Gasteiger partial charge on any atom is 0.270 e. The van der Waals surface area contributed by atoms with Gasteiger partial charge in [0.15, 0.2) is 5.78 Å². The lowest BCUT2D eigenvalue weighted by atomic mass is 10.1. The van der Waals surface area contributed by atoms with Gasteiger partial charge in [-0.05, 0) is 61.1 Å². The first-order chi connectivity index (χ1) is 16.4. The maximum atomic E-state index is 12.4. The molecule has 3 aromatic carbocycles. The van der Waals surface area contributed by atoms with Gasteiger partial charge >= 0.3 is 0 Å². The van der Waals surface area contributed by atoms with E-state index in [4.69, 9.17) is 16.3 Å². The SMILES string of the molecule is Cc1ccc2ncnc(Oc3ccccc3/C=C/C(=O)/C=C/c3cc([N+](=O)[O-])ccc3Cl)c2c1. The van der Waals surface area contributed by atoms with Gasteiger partial charge in [-0.2, -0.15) is 0 Å². The fraction of sp³-hybridized carbons (Fsp3) is 0.0385. The number of ketones is 1. The Morgan fingerprint density at radius 2 is 1.76 bits per heavy atom. The third-order valence-corrected chi connectivity index (χ3v) is 5.27. The molecule has 0 N–H and O–H groups in total. The van der Waals surface area contributed by atoms with Crippen LogP contribution in [0, 0.1) is 17.0 Å². The molecular formula is C26H18ClN3O4. The number of nitrogens with zero attached hydrogens (tertiary/aromatic N) is 3. The number of rotatable bonds is 7. The van der Waals surface area contributed by atoms with Crippen molar-refractivity contribution in [3.05, 3.63) is 111 Å². The number of benzene rings is 3. The van der Waals surface area contributed by atoms with Crippen LogP contribution in [0.4, 0.5) is 5.69 Å². The lowest BCUT2D eigenvalue weighted by Crippen LogP contribution is -1.94. The average molecular weight is 472 g/mol. The Hall–Kier alpha value is -4.36. The monoisotopic (exact) mass is 471 g/mol. The summed E-state index contributed by atoms with van der Waals surface area (Å²) in [6.45, 7) is 1.98. The molecule has 0 amide bonds. The van der Waals surface area contributed by atoms with Crippen molar-refractivity contribution in [3.63, 3.8) is 0 Å². The highest BCUT2D eigenvalue weighted by Crippen LogP contribution is 2.30. The number of carbonyl (C=O) groups is 1. The molecule has 0 spiro atoms. The summed E-state index contributed by atoms with van der Waals surface area (Å²) in [5, 5.41) is 12.1. The minimum absolute atomic E-state index is 0.106. The molecule has 0 bridgehead atoms. The topological polar surface area (TPSA) is 95.2 Å². The first-order valence-corrected chi connectivity index (χ1v) is 10.6. The second-order valence-corrected chi connectivity index (χ2v) is 7.78. The molecule has 0 atom stereocenters. The number of non-ortho nitro benzene ring substituents is 1. The van der Waals surface area contributed by atoms with Crippen molar-refractivity contribution < 1.29 is 14.5 Å². The molecule has 0 fully saturated rings. The molecule has 34 heavy (non-hydrogen) atoms. The predicted molar refractivity (Wildman–Crippen MR) is 132 cm³/mol. The van der Waals surface area contributed by atoms with Crippen molar-refractivity contribution in [2.45, 2.75) is 6.92 Å². The third kappa shape index (κ3) is 5.33. The molecule has 1 heterocycles. The van der Waals surface area contributed by atoms with Crippen LogP contribution in [-0.2, 0) is 4.79 Å². The van der Waals surface area contributed by atoms with Gasteiger partial charge in [0.1, 0.15) is 12.1 Å². The number of para-hydroxylation sites is 1. The van der Waals surface area contributed by atoms with Gasteiger partial charge in [-0.25, -0.2) is 9.97 Å². The summed E-state index contributed by atoms with van der Waals surface area (Å²) in [6.07, 6.45) is 7.20. The number of ether oxygens (including phenoxy) is 1. The van der Waals surface area contributed by atoms with Crippen LogP contribution in [0.2, 0.25) is 5.02 Å². The zero-order valence-corrected chi connectivity index (χ0v) is 18.8. The zero-order valence-electron chi connectivity index (χ0n) is 18.0. The van der Waals surface area contributed by atoms with E-state index in [0.29, 0.717) is 27.8 Å². The number of carbonyl (C=O) groups excluding carboxylic acids is 1. The molecule has 4 aromatic rings. The number of fused-ring (bicyclic) bond motifs is 1. The van der Waals surface area contributed by atoms with Gasteiger partial charge in [0.05, 0.1) is 15.8 Å². The standard InChI is InChI=1S/C26H18ClN3O4/c1-17-6-13-24-22(14-17)26(29-16-28-24)34-25-5-3-2-4-18(25)7-10-21(31)11-8-19-15-20(30(32)33)9-12-23(19)27/h2-16H,1H3/b10-7+,11-8+. The van der Waals surface area contributed by atoms with E-state index in [1.54, 1.807) is 12.1 Å². The largest absolute Gasteiger partial charge is 0.438 e. The van der Waals surface area contributed by atoms with Crippen molar-refractivity contribution in [2.75, 3.05) is 0 Å². The van der Waals surface area contributed by atoms with Gasteiger partial charge in [-0.15, -0.1) is 0 Å². The molecule has 0 saturated heterocycles. The van der Waals surface area contributed by atoms with E-state index < -0.39 is 4.92 Å². The highest BCUT2D eigenvalue weighted by atomic mass is 35.5. The van der Waals surface area contributed by atoms with Gasteiger partial charge < -0.3 is 4.74 Å². The second-order valence-electron chi connectivity index (χ2n) is 7.37. The lowest BCUT2D eigenvalue weighted by Gasteiger charge is -2.10. The molecule has 7 nitrogen and oxygen atoms in total. The Morgan fingerprint density at radius 3 is 2.56 bits per heavy atom. The van der Waals surface area contributed by atoms with Crippen molar-refractivity contribution in [1.82, 2.24) is 9.97 Å². The Kier molecular flexibility index (Phi) is 6.75. The van der Waals surface area contributed by atoms with Crippen LogP contribution in [0.3, 0.4) is 0 Å². The van der Waals surface area contributed by atoms with E-state index in [9.17, 15) is 14.9 Å². The Morgan fingerprint density at radius 1 is 1.00 bits per heavy atom. The molecule has 168 valence electrons.